The quantitative estimate of drug-likeness (QED) is 0.649. The van der Waals surface area contributed by atoms with Crippen LogP contribution in [0.3, 0.4) is 0 Å². The Labute approximate surface area is 122 Å². The van der Waals surface area contributed by atoms with Crippen molar-refractivity contribution >= 4 is 6.29 Å². The smallest absolute Gasteiger partial charge is 0.129 e. The molecule has 0 radical (unpaired) electrons. The van der Waals surface area contributed by atoms with Gasteiger partial charge in [-0.3, -0.25) is 9.80 Å². The van der Waals surface area contributed by atoms with E-state index < -0.39 is 0 Å². The Morgan fingerprint density at radius 3 is 2.45 bits per heavy atom. The third-order valence-corrected chi connectivity index (χ3v) is 4.47. The molecule has 0 aromatic heterocycles. The van der Waals surface area contributed by atoms with Crippen LogP contribution in [0.1, 0.15) is 12.8 Å². The summed E-state index contributed by atoms with van der Waals surface area (Å²) in [6, 6.07) is 0. The van der Waals surface area contributed by atoms with Gasteiger partial charge in [-0.2, -0.15) is 0 Å². The van der Waals surface area contributed by atoms with E-state index in [0.717, 1.165) is 71.5 Å². The molecule has 2 fully saturated rings. The molecule has 0 N–H and O–H groups in total. The lowest BCUT2D eigenvalue weighted by Crippen LogP contribution is -2.52. The first-order valence-corrected chi connectivity index (χ1v) is 7.77. The zero-order chi connectivity index (χ0) is 14.4. The van der Waals surface area contributed by atoms with Gasteiger partial charge in [0, 0.05) is 52.4 Å². The molecule has 5 nitrogen and oxygen atoms in total. The minimum Gasteiger partial charge on any atom is -0.380 e. The minimum atomic E-state index is -0.246. The number of likely N-dealkylation sites (N-methyl/N-ethyl adjacent to an activating group) is 1. The number of carbonyl (C=O) groups excluding carboxylic acids is 1. The Morgan fingerprint density at radius 1 is 1.20 bits per heavy atom. The molecule has 0 spiro atoms. The maximum absolute atomic E-state index is 11.5. The number of piperazine rings is 1. The van der Waals surface area contributed by atoms with Crippen LogP contribution in [0.4, 0.5) is 0 Å². The summed E-state index contributed by atoms with van der Waals surface area (Å²) < 4.78 is 5.53. The highest BCUT2D eigenvalue weighted by Gasteiger charge is 2.35. The first kappa shape index (κ1) is 15.9. The Morgan fingerprint density at radius 2 is 1.90 bits per heavy atom. The lowest BCUT2D eigenvalue weighted by molar-refractivity contribution is -0.126. The fraction of sp³-hybridized carbons (Fsp3) is 0.933. The number of hydrogen-bond acceptors (Lipinski definition) is 5. The third kappa shape index (κ3) is 4.52. The van der Waals surface area contributed by atoms with E-state index in [1.807, 2.05) is 0 Å². The molecular formula is C15H29N3O2. The number of nitrogens with zero attached hydrogens (tertiary/aromatic N) is 3. The van der Waals surface area contributed by atoms with E-state index in [4.69, 9.17) is 4.74 Å². The molecule has 116 valence electrons. The second-order valence-corrected chi connectivity index (χ2v) is 6.56. The molecule has 5 heteroatoms. The summed E-state index contributed by atoms with van der Waals surface area (Å²) in [5, 5.41) is 0. The summed E-state index contributed by atoms with van der Waals surface area (Å²) >= 11 is 0. The van der Waals surface area contributed by atoms with Crippen LogP contribution in [-0.2, 0) is 9.53 Å². The first-order chi connectivity index (χ1) is 9.63. The summed E-state index contributed by atoms with van der Waals surface area (Å²) in [4.78, 5) is 18.7. The van der Waals surface area contributed by atoms with Crippen LogP contribution in [0.15, 0.2) is 0 Å². The second-order valence-electron chi connectivity index (χ2n) is 6.56. The van der Waals surface area contributed by atoms with E-state index in [1.54, 1.807) is 0 Å². The lowest BCUT2D eigenvalue weighted by Gasteiger charge is -2.41. The summed E-state index contributed by atoms with van der Waals surface area (Å²) in [6.45, 7) is 8.93. The molecule has 0 saturated carbocycles. The van der Waals surface area contributed by atoms with E-state index in [2.05, 4.69) is 28.8 Å². The lowest BCUT2D eigenvalue weighted by atomic mass is 9.83. The molecule has 2 heterocycles. The summed E-state index contributed by atoms with van der Waals surface area (Å²) in [6.07, 6.45) is 3.14. The van der Waals surface area contributed by atoms with Gasteiger partial charge in [0.05, 0.1) is 12.0 Å². The predicted molar refractivity (Wildman–Crippen MR) is 80.0 cm³/mol. The van der Waals surface area contributed by atoms with Crippen LogP contribution >= 0.6 is 0 Å². The molecular weight excluding hydrogens is 254 g/mol. The highest BCUT2D eigenvalue weighted by atomic mass is 16.5. The number of hydrogen-bond donors (Lipinski definition) is 0. The predicted octanol–water partition coefficient (Wildman–Crippen LogP) is 0.161. The van der Waals surface area contributed by atoms with Crippen molar-refractivity contribution in [1.29, 1.82) is 0 Å². The van der Waals surface area contributed by atoms with Crippen molar-refractivity contribution < 1.29 is 9.53 Å². The van der Waals surface area contributed by atoms with Crippen molar-refractivity contribution in [2.24, 2.45) is 5.41 Å². The Kier molecular flexibility index (Phi) is 5.96. The Hall–Kier alpha value is -0.490. The van der Waals surface area contributed by atoms with Gasteiger partial charge in [-0.15, -0.1) is 0 Å². The van der Waals surface area contributed by atoms with Gasteiger partial charge >= 0.3 is 0 Å². The monoisotopic (exact) mass is 283 g/mol. The number of ether oxygens (including phenoxy) is 1. The first-order valence-electron chi connectivity index (χ1n) is 7.77. The number of aldehydes is 1. The van der Waals surface area contributed by atoms with Crippen molar-refractivity contribution in [3.05, 3.63) is 0 Å². The standard InChI is InChI=1S/C15H29N3O2/c1-16(2)5-6-17-7-9-18(10-8-17)12-15(13-19)4-3-11-20-14-15/h13H,3-12,14H2,1-2H3. The summed E-state index contributed by atoms with van der Waals surface area (Å²) in [5.74, 6) is 0. The largest absolute Gasteiger partial charge is 0.380 e. The van der Waals surface area contributed by atoms with Crippen molar-refractivity contribution in [2.75, 3.05) is 73.1 Å². The van der Waals surface area contributed by atoms with Crippen LogP contribution in [0.5, 0.6) is 0 Å². The molecule has 2 aliphatic rings. The molecule has 1 unspecified atom stereocenters. The Bertz CT molecular complexity index is 295. The topological polar surface area (TPSA) is 36.0 Å². The molecule has 0 aromatic rings. The van der Waals surface area contributed by atoms with E-state index in [0.29, 0.717) is 6.61 Å². The SMILES string of the molecule is CN(C)CCN1CCN(CC2(C=O)CCCOC2)CC1. The van der Waals surface area contributed by atoms with Gasteiger partial charge in [0.15, 0.2) is 0 Å². The second kappa shape index (κ2) is 7.50. The summed E-state index contributed by atoms with van der Waals surface area (Å²) in [7, 11) is 4.24. The molecule has 0 amide bonds. The molecule has 2 rings (SSSR count). The normalized spacial score (nSPS) is 29.8. The summed E-state index contributed by atoms with van der Waals surface area (Å²) in [5.41, 5.74) is -0.246. The highest BCUT2D eigenvalue weighted by molar-refractivity contribution is 5.60. The van der Waals surface area contributed by atoms with Gasteiger partial charge in [-0.05, 0) is 26.9 Å². The Balaban J connectivity index is 1.74. The zero-order valence-electron chi connectivity index (χ0n) is 13.0. The van der Waals surface area contributed by atoms with Gasteiger partial charge in [-0.1, -0.05) is 0 Å². The molecule has 0 bridgehead atoms. The fourth-order valence-electron chi connectivity index (χ4n) is 3.09. The molecule has 2 aliphatic heterocycles. The van der Waals surface area contributed by atoms with Gasteiger partial charge in [0.2, 0.25) is 0 Å². The maximum atomic E-state index is 11.5. The van der Waals surface area contributed by atoms with Crippen LogP contribution in [0, 0.1) is 5.41 Å². The zero-order valence-corrected chi connectivity index (χ0v) is 13.0. The van der Waals surface area contributed by atoms with Gasteiger partial charge in [0.25, 0.3) is 0 Å². The van der Waals surface area contributed by atoms with Crippen molar-refractivity contribution in [3.8, 4) is 0 Å². The molecule has 2 saturated heterocycles. The van der Waals surface area contributed by atoms with Crippen LogP contribution in [0.2, 0.25) is 0 Å². The van der Waals surface area contributed by atoms with Crippen LogP contribution in [-0.4, -0.2) is 94.1 Å². The van der Waals surface area contributed by atoms with Crippen LogP contribution in [0.25, 0.3) is 0 Å². The maximum Gasteiger partial charge on any atom is 0.129 e. The average Bonchev–Trinajstić information content (AvgIpc) is 2.47. The third-order valence-electron chi connectivity index (χ3n) is 4.47. The molecule has 0 aliphatic carbocycles. The number of rotatable bonds is 6. The van der Waals surface area contributed by atoms with E-state index >= 15 is 0 Å². The average molecular weight is 283 g/mol. The van der Waals surface area contributed by atoms with Crippen LogP contribution < -0.4 is 0 Å². The van der Waals surface area contributed by atoms with E-state index in [-0.39, 0.29) is 5.41 Å². The highest BCUT2D eigenvalue weighted by Crippen LogP contribution is 2.27. The van der Waals surface area contributed by atoms with E-state index in [9.17, 15) is 4.79 Å². The molecule has 0 aromatic carbocycles. The number of carbonyl (C=O) groups is 1. The van der Waals surface area contributed by atoms with Gasteiger partial charge in [0.1, 0.15) is 6.29 Å². The van der Waals surface area contributed by atoms with E-state index in [1.165, 1.54) is 0 Å². The van der Waals surface area contributed by atoms with Gasteiger partial charge < -0.3 is 14.4 Å². The molecule has 20 heavy (non-hydrogen) atoms. The minimum absolute atomic E-state index is 0.246. The van der Waals surface area contributed by atoms with Crippen molar-refractivity contribution in [2.45, 2.75) is 12.8 Å². The van der Waals surface area contributed by atoms with Crippen molar-refractivity contribution in [1.82, 2.24) is 14.7 Å². The van der Waals surface area contributed by atoms with Crippen molar-refractivity contribution in [3.63, 3.8) is 0 Å². The molecule has 1 atom stereocenters. The fourth-order valence-corrected chi connectivity index (χ4v) is 3.09. The van der Waals surface area contributed by atoms with Gasteiger partial charge in [-0.25, -0.2) is 0 Å².